The maximum atomic E-state index is 11.1. The fourth-order valence-electron chi connectivity index (χ4n) is 0.737. The summed E-state index contributed by atoms with van der Waals surface area (Å²) in [4.78, 5) is 21.2. The van der Waals surface area contributed by atoms with Gasteiger partial charge in [0.2, 0.25) is 0 Å². The van der Waals surface area contributed by atoms with Crippen molar-refractivity contribution in [2.45, 2.75) is 0 Å². The quantitative estimate of drug-likeness (QED) is 0.688. The predicted molar refractivity (Wildman–Crippen MR) is 44.1 cm³/mol. The molecule has 0 spiro atoms. The molecule has 0 unspecified atom stereocenters. The third-order valence-corrected chi connectivity index (χ3v) is 1.29. The van der Waals surface area contributed by atoms with Gasteiger partial charge < -0.3 is 10.4 Å². The second-order valence-corrected chi connectivity index (χ2v) is 2.29. The van der Waals surface area contributed by atoms with Crippen molar-refractivity contribution >= 4 is 11.9 Å². The third kappa shape index (κ3) is 2.83. The Kier molecular flexibility index (Phi) is 2.87. The van der Waals surface area contributed by atoms with Crippen LogP contribution in [-0.2, 0) is 4.79 Å². The summed E-state index contributed by atoms with van der Waals surface area (Å²) >= 11 is 0. The molecule has 0 fully saturated rings. The highest BCUT2D eigenvalue weighted by Crippen LogP contribution is 1.91. The highest BCUT2D eigenvalue weighted by Gasteiger charge is 2.05. The number of hydrogen-bond donors (Lipinski definition) is 2. The standard InChI is InChI=1S/C9H7NO3/c11-8(12)6-10-9(13)7-4-2-1-3-5-7/h1-2,4H,6H2,(H,10,13)(H,11,12). The van der Waals surface area contributed by atoms with E-state index >= 15 is 0 Å². The van der Waals surface area contributed by atoms with Gasteiger partial charge in [0.1, 0.15) is 6.54 Å². The summed E-state index contributed by atoms with van der Waals surface area (Å²) in [6.45, 7) is -0.387. The van der Waals surface area contributed by atoms with Crippen LogP contribution in [0.1, 0.15) is 10.4 Å². The molecule has 1 amide bonds. The molecule has 66 valence electrons. The van der Waals surface area contributed by atoms with E-state index in [0.717, 1.165) is 0 Å². The van der Waals surface area contributed by atoms with Crippen LogP contribution in [0.4, 0.5) is 0 Å². The van der Waals surface area contributed by atoms with Crippen LogP contribution in [0.15, 0.2) is 18.2 Å². The van der Waals surface area contributed by atoms with Crippen molar-refractivity contribution in [2.75, 3.05) is 6.54 Å². The highest BCUT2D eigenvalue weighted by atomic mass is 16.4. The molecule has 0 atom stereocenters. The lowest BCUT2D eigenvalue weighted by atomic mass is 10.2. The highest BCUT2D eigenvalue weighted by molar-refractivity contribution is 5.95. The Balaban J connectivity index is 2.54. The van der Waals surface area contributed by atoms with Crippen LogP contribution >= 0.6 is 0 Å². The average molecular weight is 177 g/mol. The molecule has 0 aromatic heterocycles. The number of aliphatic carboxylic acids is 1. The summed E-state index contributed by atoms with van der Waals surface area (Å²) in [7, 11) is 0. The molecule has 0 saturated heterocycles. The van der Waals surface area contributed by atoms with Crippen molar-refractivity contribution in [2.24, 2.45) is 0 Å². The predicted octanol–water partition coefficient (Wildman–Crippen LogP) is 0.101. The monoisotopic (exact) mass is 177 g/mol. The van der Waals surface area contributed by atoms with Crippen LogP contribution in [0.3, 0.4) is 0 Å². The summed E-state index contributed by atoms with van der Waals surface area (Å²) in [5.41, 5.74) is 0.281. The Morgan fingerprint density at radius 3 is 2.85 bits per heavy atom. The van der Waals surface area contributed by atoms with E-state index in [-0.39, 0.29) is 12.1 Å². The van der Waals surface area contributed by atoms with Gasteiger partial charge in [-0.05, 0) is 12.1 Å². The van der Waals surface area contributed by atoms with E-state index in [1.54, 1.807) is 12.1 Å². The fraction of sp³-hybridized carbons (Fsp3) is 0.111. The van der Waals surface area contributed by atoms with Crippen molar-refractivity contribution in [1.29, 1.82) is 0 Å². The average Bonchev–Trinajstić information content (AvgIpc) is 2.15. The molecule has 4 heteroatoms. The summed E-state index contributed by atoms with van der Waals surface area (Å²) in [5, 5.41) is 10.5. The largest absolute Gasteiger partial charge is 0.480 e. The van der Waals surface area contributed by atoms with Crippen LogP contribution in [0, 0.1) is 12.1 Å². The van der Waals surface area contributed by atoms with Crippen molar-refractivity contribution < 1.29 is 14.7 Å². The SMILES string of the molecule is O=C(O)CNC(=O)c1c#cccc1. The van der Waals surface area contributed by atoms with Gasteiger partial charge in [0, 0.05) is 0 Å². The van der Waals surface area contributed by atoms with E-state index in [1.807, 2.05) is 0 Å². The molecule has 0 aliphatic carbocycles. The zero-order valence-corrected chi connectivity index (χ0v) is 6.70. The number of hydrogen-bond acceptors (Lipinski definition) is 2. The number of nitrogens with one attached hydrogen (secondary N) is 1. The van der Waals surface area contributed by atoms with Crippen molar-refractivity contribution in [3.8, 4) is 0 Å². The molecule has 0 aliphatic rings. The zero-order chi connectivity index (χ0) is 9.68. The van der Waals surface area contributed by atoms with Gasteiger partial charge in [-0.25, -0.2) is 0 Å². The van der Waals surface area contributed by atoms with Crippen LogP contribution < -0.4 is 5.32 Å². The first-order chi connectivity index (χ1) is 6.20. The van der Waals surface area contributed by atoms with Crippen LogP contribution in [0.25, 0.3) is 0 Å². The van der Waals surface area contributed by atoms with Gasteiger partial charge in [-0.2, -0.15) is 0 Å². The molecular weight excluding hydrogens is 170 g/mol. The summed E-state index contributed by atoms with van der Waals surface area (Å²) in [6, 6.07) is 9.93. The number of amides is 1. The van der Waals surface area contributed by atoms with Gasteiger partial charge in [0.15, 0.2) is 0 Å². The number of rotatable bonds is 3. The molecule has 13 heavy (non-hydrogen) atoms. The first-order valence-electron chi connectivity index (χ1n) is 3.58. The number of carbonyl (C=O) groups is 2. The lowest BCUT2D eigenvalue weighted by molar-refractivity contribution is -0.135. The number of carbonyl (C=O) groups excluding carboxylic acids is 1. The van der Waals surface area contributed by atoms with Gasteiger partial charge in [-0.3, -0.25) is 9.59 Å². The first kappa shape index (κ1) is 9.07. The zero-order valence-electron chi connectivity index (χ0n) is 6.70. The first-order valence-corrected chi connectivity index (χ1v) is 3.58. The summed E-state index contributed by atoms with van der Waals surface area (Å²) in [6.07, 6.45) is 0. The van der Waals surface area contributed by atoms with E-state index in [1.165, 1.54) is 6.07 Å². The Morgan fingerprint density at radius 2 is 2.31 bits per heavy atom. The Labute approximate surface area is 75.2 Å². The van der Waals surface area contributed by atoms with Gasteiger partial charge in [-0.1, -0.05) is 18.2 Å². The van der Waals surface area contributed by atoms with Gasteiger partial charge >= 0.3 is 5.97 Å². The van der Waals surface area contributed by atoms with E-state index in [9.17, 15) is 9.59 Å². The fourth-order valence-corrected chi connectivity index (χ4v) is 0.737. The molecule has 0 saturated carbocycles. The molecule has 4 nitrogen and oxygen atoms in total. The maximum Gasteiger partial charge on any atom is 0.322 e. The van der Waals surface area contributed by atoms with Gasteiger partial charge in [-0.15, -0.1) is 0 Å². The topological polar surface area (TPSA) is 66.4 Å². The minimum atomic E-state index is -1.08. The van der Waals surface area contributed by atoms with Crippen molar-refractivity contribution in [1.82, 2.24) is 5.32 Å². The Morgan fingerprint density at radius 1 is 1.54 bits per heavy atom. The molecule has 0 radical (unpaired) electrons. The number of carboxylic acids is 1. The minimum Gasteiger partial charge on any atom is -0.480 e. The van der Waals surface area contributed by atoms with E-state index < -0.39 is 11.9 Å². The Bertz CT molecular complexity index is 308. The second kappa shape index (κ2) is 4.12. The summed E-state index contributed by atoms with van der Waals surface area (Å²) in [5.74, 6) is -1.53. The van der Waals surface area contributed by atoms with Crippen LogP contribution in [0.2, 0.25) is 0 Å². The molecule has 2 N–H and O–H groups in total. The Hall–Kier alpha value is -2.02. The van der Waals surface area contributed by atoms with E-state index in [2.05, 4.69) is 17.4 Å². The lowest BCUT2D eigenvalue weighted by Crippen LogP contribution is -2.28. The van der Waals surface area contributed by atoms with Gasteiger partial charge in [0.05, 0.1) is 5.56 Å². The van der Waals surface area contributed by atoms with Crippen molar-refractivity contribution in [3.05, 3.63) is 35.9 Å². The lowest BCUT2D eigenvalue weighted by Gasteiger charge is -1.98. The normalized spacial score (nSPS) is 8.62. The molecule has 1 aromatic rings. The maximum absolute atomic E-state index is 11.1. The smallest absolute Gasteiger partial charge is 0.322 e. The molecule has 0 bridgehead atoms. The van der Waals surface area contributed by atoms with E-state index in [0.29, 0.717) is 0 Å². The number of carboxylic acid groups (broad SMARTS) is 1. The summed E-state index contributed by atoms with van der Waals surface area (Å²) < 4.78 is 0. The molecule has 0 aliphatic heterocycles. The molecule has 1 aromatic carbocycles. The molecule has 1 rings (SSSR count). The van der Waals surface area contributed by atoms with Gasteiger partial charge in [0.25, 0.3) is 5.91 Å². The third-order valence-electron chi connectivity index (χ3n) is 1.29. The second-order valence-electron chi connectivity index (χ2n) is 2.29. The minimum absolute atomic E-state index is 0.281. The van der Waals surface area contributed by atoms with Crippen LogP contribution in [-0.4, -0.2) is 23.5 Å². The molecular formula is C9H7NO3. The van der Waals surface area contributed by atoms with E-state index in [4.69, 9.17) is 5.11 Å². The molecule has 0 heterocycles. The van der Waals surface area contributed by atoms with Crippen molar-refractivity contribution in [3.63, 3.8) is 0 Å². The van der Waals surface area contributed by atoms with Crippen LogP contribution in [0.5, 0.6) is 0 Å².